The Hall–Kier alpha value is -0.610. The summed E-state index contributed by atoms with van der Waals surface area (Å²) in [6.07, 6.45) is 4.54. The first-order chi connectivity index (χ1) is 8.89. The van der Waals surface area contributed by atoms with Crippen LogP contribution < -0.4 is 5.32 Å². The molecule has 1 unspecified atom stereocenters. The van der Waals surface area contributed by atoms with E-state index >= 15 is 0 Å². The van der Waals surface area contributed by atoms with Crippen LogP contribution in [0.5, 0.6) is 0 Å². The lowest BCUT2D eigenvalue weighted by molar-refractivity contribution is -0.145. The maximum atomic E-state index is 11.6. The molecule has 1 saturated carbocycles. The Balaban J connectivity index is 2.59. The number of nitrogens with one attached hydrogen (secondary N) is 1. The molecule has 0 aliphatic heterocycles. The van der Waals surface area contributed by atoms with Gasteiger partial charge in [0, 0.05) is 12.6 Å². The molecule has 0 aromatic carbocycles. The van der Waals surface area contributed by atoms with E-state index in [1.165, 1.54) is 12.8 Å². The van der Waals surface area contributed by atoms with Gasteiger partial charge in [0.05, 0.1) is 0 Å². The van der Waals surface area contributed by atoms with Gasteiger partial charge in [-0.2, -0.15) is 0 Å². The van der Waals surface area contributed by atoms with E-state index in [9.17, 15) is 9.90 Å². The van der Waals surface area contributed by atoms with Crippen molar-refractivity contribution < 1.29 is 9.90 Å². The SMILES string of the molecule is CCCNC(C)(CN(CCC(C)C)C1CC1)C(=O)O. The summed E-state index contributed by atoms with van der Waals surface area (Å²) >= 11 is 0. The summed E-state index contributed by atoms with van der Waals surface area (Å²) in [5.74, 6) is -0.0721. The lowest BCUT2D eigenvalue weighted by atomic mass is 10.0. The van der Waals surface area contributed by atoms with Crippen molar-refractivity contribution in [3.8, 4) is 0 Å². The fourth-order valence-corrected chi connectivity index (χ4v) is 2.26. The van der Waals surface area contributed by atoms with Gasteiger partial charge in [-0.1, -0.05) is 20.8 Å². The molecule has 0 saturated heterocycles. The largest absolute Gasteiger partial charge is 0.480 e. The Labute approximate surface area is 117 Å². The second-order valence-electron chi connectivity index (χ2n) is 6.45. The van der Waals surface area contributed by atoms with E-state index in [1.807, 2.05) is 6.92 Å². The molecule has 0 aromatic rings. The molecule has 1 aliphatic carbocycles. The fraction of sp³-hybridized carbons (Fsp3) is 0.933. The highest BCUT2D eigenvalue weighted by Crippen LogP contribution is 2.29. The third-order valence-electron chi connectivity index (χ3n) is 3.81. The Morgan fingerprint density at radius 2 is 2.11 bits per heavy atom. The third-order valence-corrected chi connectivity index (χ3v) is 3.81. The Bertz CT molecular complexity index is 290. The number of carboxylic acids is 1. The smallest absolute Gasteiger partial charge is 0.324 e. The zero-order valence-corrected chi connectivity index (χ0v) is 12.9. The summed E-state index contributed by atoms with van der Waals surface area (Å²) in [6.45, 7) is 10.7. The monoisotopic (exact) mass is 270 g/mol. The van der Waals surface area contributed by atoms with Crippen LogP contribution in [0.25, 0.3) is 0 Å². The molecule has 4 heteroatoms. The Morgan fingerprint density at radius 1 is 1.47 bits per heavy atom. The van der Waals surface area contributed by atoms with Crippen molar-refractivity contribution in [1.29, 1.82) is 0 Å². The summed E-state index contributed by atoms with van der Waals surface area (Å²) in [6, 6.07) is 0.612. The number of aliphatic carboxylic acids is 1. The highest BCUT2D eigenvalue weighted by atomic mass is 16.4. The summed E-state index contributed by atoms with van der Waals surface area (Å²) < 4.78 is 0. The number of carbonyl (C=O) groups is 1. The average molecular weight is 270 g/mol. The van der Waals surface area contributed by atoms with Gasteiger partial charge in [-0.05, 0) is 51.6 Å². The van der Waals surface area contributed by atoms with Gasteiger partial charge in [-0.15, -0.1) is 0 Å². The zero-order chi connectivity index (χ0) is 14.5. The van der Waals surface area contributed by atoms with Gasteiger partial charge in [0.25, 0.3) is 0 Å². The van der Waals surface area contributed by atoms with Crippen LogP contribution in [0, 0.1) is 5.92 Å². The maximum absolute atomic E-state index is 11.6. The zero-order valence-electron chi connectivity index (χ0n) is 12.9. The fourth-order valence-electron chi connectivity index (χ4n) is 2.26. The highest BCUT2D eigenvalue weighted by Gasteiger charge is 2.39. The van der Waals surface area contributed by atoms with Crippen LogP contribution in [0.4, 0.5) is 0 Å². The first kappa shape index (κ1) is 16.4. The van der Waals surface area contributed by atoms with E-state index in [0.717, 1.165) is 25.9 Å². The van der Waals surface area contributed by atoms with Crippen LogP contribution >= 0.6 is 0 Å². The number of hydrogen-bond donors (Lipinski definition) is 2. The van der Waals surface area contributed by atoms with Crippen molar-refractivity contribution in [2.75, 3.05) is 19.6 Å². The summed E-state index contributed by atoms with van der Waals surface area (Å²) in [5.41, 5.74) is -0.824. The van der Waals surface area contributed by atoms with Crippen LogP contribution in [0.3, 0.4) is 0 Å². The molecule has 1 atom stereocenters. The molecule has 0 heterocycles. The molecule has 112 valence electrons. The number of hydrogen-bond acceptors (Lipinski definition) is 3. The minimum Gasteiger partial charge on any atom is -0.480 e. The van der Waals surface area contributed by atoms with Crippen molar-refractivity contribution in [1.82, 2.24) is 10.2 Å². The van der Waals surface area contributed by atoms with E-state index in [2.05, 4.69) is 31.0 Å². The molecule has 4 nitrogen and oxygen atoms in total. The summed E-state index contributed by atoms with van der Waals surface area (Å²) in [5, 5.41) is 12.7. The first-order valence-corrected chi connectivity index (χ1v) is 7.61. The van der Waals surface area contributed by atoms with Crippen LogP contribution in [0.2, 0.25) is 0 Å². The molecule has 0 bridgehead atoms. The van der Waals surface area contributed by atoms with Crippen molar-refractivity contribution >= 4 is 5.97 Å². The molecule has 0 amide bonds. The van der Waals surface area contributed by atoms with Crippen LogP contribution in [-0.2, 0) is 4.79 Å². The normalized spacial score (nSPS) is 18.8. The molecule has 0 aromatic heterocycles. The number of nitrogens with zero attached hydrogens (tertiary/aromatic N) is 1. The van der Waals surface area contributed by atoms with Crippen LogP contribution in [0.15, 0.2) is 0 Å². The van der Waals surface area contributed by atoms with E-state index in [-0.39, 0.29) is 0 Å². The molecule has 1 aliphatic rings. The molecular formula is C15H30N2O2. The second-order valence-corrected chi connectivity index (χ2v) is 6.45. The van der Waals surface area contributed by atoms with E-state index in [1.54, 1.807) is 0 Å². The van der Waals surface area contributed by atoms with Crippen molar-refractivity contribution in [3.05, 3.63) is 0 Å². The molecule has 2 N–H and O–H groups in total. The van der Waals surface area contributed by atoms with Crippen LogP contribution in [0.1, 0.15) is 53.4 Å². The highest BCUT2D eigenvalue weighted by molar-refractivity contribution is 5.78. The average Bonchev–Trinajstić information content (AvgIpc) is 3.15. The number of carboxylic acid groups (broad SMARTS) is 1. The predicted octanol–water partition coefficient (Wildman–Crippen LogP) is 2.34. The lowest BCUT2D eigenvalue weighted by Gasteiger charge is -2.33. The molecule has 1 fully saturated rings. The lowest BCUT2D eigenvalue weighted by Crippen LogP contribution is -2.57. The number of rotatable bonds is 10. The summed E-state index contributed by atoms with van der Waals surface area (Å²) in [7, 11) is 0. The van der Waals surface area contributed by atoms with E-state index in [0.29, 0.717) is 18.5 Å². The second kappa shape index (κ2) is 7.25. The van der Waals surface area contributed by atoms with Crippen molar-refractivity contribution in [2.24, 2.45) is 5.92 Å². The molecular weight excluding hydrogens is 240 g/mol. The molecule has 0 spiro atoms. The van der Waals surface area contributed by atoms with Gasteiger partial charge in [-0.25, -0.2) is 0 Å². The summed E-state index contributed by atoms with van der Waals surface area (Å²) in [4.78, 5) is 13.9. The quantitative estimate of drug-likeness (QED) is 0.640. The van der Waals surface area contributed by atoms with Crippen molar-refractivity contribution in [2.45, 2.75) is 65.0 Å². The van der Waals surface area contributed by atoms with Gasteiger partial charge in [-0.3, -0.25) is 9.69 Å². The standard InChI is InChI=1S/C15H30N2O2/c1-5-9-16-15(4,14(18)19)11-17(13-6-7-13)10-8-12(2)3/h12-13,16H,5-11H2,1-4H3,(H,18,19). The van der Waals surface area contributed by atoms with E-state index < -0.39 is 11.5 Å². The Morgan fingerprint density at radius 3 is 2.53 bits per heavy atom. The first-order valence-electron chi connectivity index (χ1n) is 7.61. The third kappa shape index (κ3) is 5.49. The molecule has 19 heavy (non-hydrogen) atoms. The Kier molecular flexibility index (Phi) is 6.27. The van der Waals surface area contributed by atoms with Gasteiger partial charge in [0.2, 0.25) is 0 Å². The topological polar surface area (TPSA) is 52.6 Å². The molecule has 0 radical (unpaired) electrons. The van der Waals surface area contributed by atoms with Gasteiger partial charge in [0.15, 0.2) is 0 Å². The van der Waals surface area contributed by atoms with Gasteiger partial charge in [0.1, 0.15) is 5.54 Å². The maximum Gasteiger partial charge on any atom is 0.324 e. The van der Waals surface area contributed by atoms with E-state index in [4.69, 9.17) is 0 Å². The minimum atomic E-state index is -0.824. The van der Waals surface area contributed by atoms with Gasteiger partial charge < -0.3 is 10.4 Å². The minimum absolute atomic E-state index is 0.611. The predicted molar refractivity (Wildman–Crippen MR) is 78.4 cm³/mol. The molecule has 1 rings (SSSR count). The van der Waals surface area contributed by atoms with Gasteiger partial charge >= 0.3 is 5.97 Å². The van der Waals surface area contributed by atoms with Crippen molar-refractivity contribution in [3.63, 3.8) is 0 Å². The van der Waals surface area contributed by atoms with Crippen LogP contribution in [-0.4, -0.2) is 47.2 Å².